The van der Waals surface area contributed by atoms with E-state index in [1.165, 1.54) is 28.7 Å². The van der Waals surface area contributed by atoms with E-state index < -0.39 is 0 Å². The van der Waals surface area contributed by atoms with E-state index in [1.807, 2.05) is 18.2 Å². The Morgan fingerprint density at radius 3 is 1.97 bits per heavy atom. The Kier molecular flexibility index (Phi) is 12.7. The first-order valence-electron chi connectivity index (χ1n) is 14.3. The summed E-state index contributed by atoms with van der Waals surface area (Å²) in [5.41, 5.74) is 5.48. The Morgan fingerprint density at radius 1 is 0.615 bits per heavy atom. The maximum absolute atomic E-state index is 5.82. The monoisotopic (exact) mass is 532 g/mol. The molecule has 0 atom stereocenters. The fraction of sp³-hybridized carbons (Fsp3) is 0.471. The quantitative estimate of drug-likeness (QED) is 0.189. The van der Waals surface area contributed by atoms with Crippen molar-refractivity contribution in [1.29, 1.82) is 0 Å². The van der Waals surface area contributed by atoms with Gasteiger partial charge in [0.2, 0.25) is 0 Å². The first kappa shape index (κ1) is 30.5. The van der Waals surface area contributed by atoms with Crippen LogP contribution in [0.1, 0.15) is 48.9 Å². The predicted octanol–water partition coefficient (Wildman–Crippen LogP) is 6.27. The van der Waals surface area contributed by atoms with Crippen LogP contribution in [0.25, 0.3) is 0 Å². The van der Waals surface area contributed by atoms with Crippen LogP contribution < -0.4 is 24.8 Å². The van der Waals surface area contributed by atoms with Crippen LogP contribution in [0.3, 0.4) is 0 Å². The molecule has 0 amide bonds. The minimum atomic E-state index is 0.304. The lowest BCUT2D eigenvalue weighted by Gasteiger charge is -2.25. The highest BCUT2D eigenvalue weighted by molar-refractivity contribution is 5.51. The average Bonchev–Trinajstić information content (AvgIpc) is 2.96. The molecule has 0 spiro atoms. The number of ether oxygens (including phenoxy) is 3. The maximum atomic E-state index is 5.82. The Balaban J connectivity index is 1.45. The molecule has 0 saturated heterocycles. The van der Waals surface area contributed by atoms with E-state index in [9.17, 15) is 0 Å². The molecule has 2 N–H and O–H groups in total. The van der Waals surface area contributed by atoms with Gasteiger partial charge in [0.25, 0.3) is 0 Å². The standard InChI is InChI=1S/C34H48N2O3/c1-34(2,20-24-35-22-18-27-10-7-6-8-11-27)21-25-36-23-19-29-15-17-32(38-4)33(39-5)31(29)16-14-28-12-9-13-30(26-28)37-3/h6-13,15,17,26,35-36H,14,16,18-25H2,1-5H3. The molecule has 5 heteroatoms. The van der Waals surface area contributed by atoms with Crippen molar-refractivity contribution in [2.45, 2.75) is 52.4 Å². The van der Waals surface area contributed by atoms with Gasteiger partial charge in [-0.05, 0) is 105 Å². The van der Waals surface area contributed by atoms with Gasteiger partial charge in [0, 0.05) is 5.56 Å². The molecule has 3 aromatic rings. The van der Waals surface area contributed by atoms with Crippen molar-refractivity contribution in [2.75, 3.05) is 47.5 Å². The summed E-state index contributed by atoms with van der Waals surface area (Å²) in [5, 5.41) is 7.31. The number of benzene rings is 3. The zero-order valence-electron chi connectivity index (χ0n) is 24.6. The van der Waals surface area contributed by atoms with Crippen LogP contribution in [0, 0.1) is 5.41 Å². The summed E-state index contributed by atoms with van der Waals surface area (Å²) in [6.45, 7) is 8.79. The molecule has 0 heterocycles. The first-order valence-corrected chi connectivity index (χ1v) is 14.3. The normalized spacial score (nSPS) is 11.4. The fourth-order valence-corrected chi connectivity index (χ4v) is 4.97. The van der Waals surface area contributed by atoms with Gasteiger partial charge in [0.05, 0.1) is 21.3 Å². The smallest absolute Gasteiger partial charge is 0.164 e. The Bertz CT molecular complexity index is 1110. The van der Waals surface area contributed by atoms with Crippen LogP contribution in [0.5, 0.6) is 17.2 Å². The summed E-state index contributed by atoms with van der Waals surface area (Å²) in [7, 11) is 5.14. The van der Waals surface area contributed by atoms with Gasteiger partial charge in [0.1, 0.15) is 5.75 Å². The summed E-state index contributed by atoms with van der Waals surface area (Å²) in [4.78, 5) is 0. The highest BCUT2D eigenvalue weighted by Gasteiger charge is 2.18. The molecule has 0 unspecified atom stereocenters. The van der Waals surface area contributed by atoms with Crippen molar-refractivity contribution >= 4 is 0 Å². The zero-order chi connectivity index (χ0) is 27.9. The number of aryl methyl sites for hydroxylation is 1. The molecule has 0 aliphatic rings. The first-order chi connectivity index (χ1) is 19.0. The van der Waals surface area contributed by atoms with Crippen molar-refractivity contribution in [1.82, 2.24) is 10.6 Å². The minimum Gasteiger partial charge on any atom is -0.497 e. The summed E-state index contributed by atoms with van der Waals surface area (Å²) in [6.07, 6.45) is 6.16. The van der Waals surface area contributed by atoms with E-state index in [4.69, 9.17) is 14.2 Å². The lowest BCUT2D eigenvalue weighted by Crippen LogP contribution is -2.28. The van der Waals surface area contributed by atoms with Gasteiger partial charge >= 0.3 is 0 Å². The van der Waals surface area contributed by atoms with Crippen molar-refractivity contribution in [3.05, 3.63) is 89.0 Å². The van der Waals surface area contributed by atoms with Gasteiger partial charge in [-0.1, -0.05) is 62.4 Å². The third kappa shape index (κ3) is 10.2. The van der Waals surface area contributed by atoms with Gasteiger partial charge in [-0.25, -0.2) is 0 Å². The van der Waals surface area contributed by atoms with Crippen LogP contribution >= 0.6 is 0 Å². The molecule has 0 saturated carbocycles. The van der Waals surface area contributed by atoms with Crippen molar-refractivity contribution in [3.8, 4) is 17.2 Å². The number of hydrogen-bond donors (Lipinski definition) is 2. The van der Waals surface area contributed by atoms with Crippen molar-refractivity contribution in [2.24, 2.45) is 5.41 Å². The van der Waals surface area contributed by atoms with Crippen molar-refractivity contribution < 1.29 is 14.2 Å². The van der Waals surface area contributed by atoms with E-state index in [1.54, 1.807) is 21.3 Å². The third-order valence-electron chi connectivity index (χ3n) is 7.50. The molecule has 0 aromatic heterocycles. The lowest BCUT2D eigenvalue weighted by molar-refractivity contribution is 0.297. The van der Waals surface area contributed by atoms with Gasteiger partial charge < -0.3 is 24.8 Å². The molecule has 0 bridgehead atoms. The number of nitrogens with one attached hydrogen (secondary N) is 2. The fourth-order valence-electron chi connectivity index (χ4n) is 4.97. The van der Waals surface area contributed by atoms with Gasteiger partial charge in [-0.2, -0.15) is 0 Å². The summed E-state index contributed by atoms with van der Waals surface area (Å²) >= 11 is 0. The van der Waals surface area contributed by atoms with Crippen LogP contribution in [0.2, 0.25) is 0 Å². The molecule has 39 heavy (non-hydrogen) atoms. The largest absolute Gasteiger partial charge is 0.497 e. The second kappa shape index (κ2) is 16.2. The van der Waals surface area contributed by atoms with Crippen molar-refractivity contribution in [3.63, 3.8) is 0 Å². The summed E-state index contributed by atoms with van der Waals surface area (Å²) in [5.74, 6) is 2.52. The SMILES string of the molecule is COc1cccc(CCc2c(CCNCCC(C)(C)CCNCCc3ccccc3)ccc(OC)c2OC)c1. The molecule has 3 aromatic carbocycles. The molecule has 0 aliphatic carbocycles. The highest BCUT2D eigenvalue weighted by Crippen LogP contribution is 2.35. The number of methoxy groups -OCH3 is 3. The Hall–Kier alpha value is -3.02. The molecular weight excluding hydrogens is 484 g/mol. The minimum absolute atomic E-state index is 0.304. The molecule has 5 nitrogen and oxygen atoms in total. The number of hydrogen-bond acceptors (Lipinski definition) is 5. The van der Waals surface area contributed by atoms with Gasteiger partial charge in [-0.3, -0.25) is 0 Å². The second-order valence-electron chi connectivity index (χ2n) is 10.9. The lowest BCUT2D eigenvalue weighted by atomic mass is 9.85. The molecule has 0 fully saturated rings. The molecular formula is C34H48N2O3. The average molecular weight is 533 g/mol. The molecule has 212 valence electrons. The zero-order valence-corrected chi connectivity index (χ0v) is 24.6. The van der Waals surface area contributed by atoms with E-state index in [0.29, 0.717) is 5.41 Å². The summed E-state index contributed by atoms with van der Waals surface area (Å²) < 4.78 is 16.8. The van der Waals surface area contributed by atoms with Gasteiger partial charge in [-0.15, -0.1) is 0 Å². The maximum Gasteiger partial charge on any atom is 0.164 e. The van der Waals surface area contributed by atoms with E-state index in [2.05, 4.69) is 73.0 Å². The Morgan fingerprint density at radius 2 is 1.31 bits per heavy atom. The predicted molar refractivity (Wildman–Crippen MR) is 163 cm³/mol. The second-order valence-corrected chi connectivity index (χ2v) is 10.9. The van der Waals surface area contributed by atoms with Crippen LogP contribution in [0.4, 0.5) is 0 Å². The third-order valence-corrected chi connectivity index (χ3v) is 7.50. The highest BCUT2D eigenvalue weighted by atomic mass is 16.5. The van der Waals surface area contributed by atoms with E-state index >= 15 is 0 Å². The Labute approximate surface area is 236 Å². The van der Waals surface area contributed by atoms with Crippen LogP contribution in [0.15, 0.2) is 66.7 Å². The van der Waals surface area contributed by atoms with E-state index in [-0.39, 0.29) is 0 Å². The van der Waals surface area contributed by atoms with Crippen LogP contribution in [-0.4, -0.2) is 47.5 Å². The van der Waals surface area contributed by atoms with Crippen LogP contribution in [-0.2, 0) is 25.7 Å². The molecule has 0 radical (unpaired) electrons. The molecule has 0 aliphatic heterocycles. The van der Waals surface area contributed by atoms with E-state index in [0.717, 1.165) is 75.5 Å². The topological polar surface area (TPSA) is 51.8 Å². The molecule has 3 rings (SSSR count). The summed E-state index contributed by atoms with van der Waals surface area (Å²) in [6, 6.07) is 23.2. The number of rotatable bonds is 18. The van der Waals surface area contributed by atoms with Gasteiger partial charge in [0.15, 0.2) is 11.5 Å².